The Morgan fingerprint density at radius 2 is 1.67 bits per heavy atom. The number of methoxy groups -OCH3 is 1. The number of hydrogen-bond acceptors (Lipinski definition) is 4. The Kier molecular flexibility index (Phi) is 3.71. The minimum atomic E-state index is 0.368. The molecule has 0 unspecified atom stereocenters. The number of rotatable bonds is 4. The molecule has 0 aliphatic heterocycles. The molecule has 1 aromatic heterocycles. The average Bonchev–Trinajstić information content (AvgIpc) is 2.55. The zero-order chi connectivity index (χ0) is 14.7. The van der Waals surface area contributed by atoms with Crippen LogP contribution in [0.5, 0.6) is 17.2 Å². The van der Waals surface area contributed by atoms with Crippen molar-refractivity contribution in [1.82, 2.24) is 4.98 Å². The quantitative estimate of drug-likeness (QED) is 0.794. The summed E-state index contributed by atoms with van der Waals surface area (Å²) in [4.78, 5) is 4.50. The van der Waals surface area contributed by atoms with Crippen LogP contribution in [0.3, 0.4) is 0 Å². The van der Waals surface area contributed by atoms with Crippen molar-refractivity contribution in [2.45, 2.75) is 6.54 Å². The molecule has 0 fully saturated rings. The van der Waals surface area contributed by atoms with E-state index in [9.17, 15) is 0 Å². The van der Waals surface area contributed by atoms with Gasteiger partial charge in [-0.25, -0.2) is 0 Å². The number of fused-ring (bicyclic) bond motifs is 1. The van der Waals surface area contributed by atoms with E-state index in [0.29, 0.717) is 18.0 Å². The van der Waals surface area contributed by atoms with Crippen molar-refractivity contribution in [3.63, 3.8) is 0 Å². The van der Waals surface area contributed by atoms with Crippen molar-refractivity contribution in [2.75, 3.05) is 7.11 Å². The van der Waals surface area contributed by atoms with Gasteiger partial charge in [0.2, 0.25) is 0 Å². The van der Waals surface area contributed by atoms with Crippen LogP contribution in [0.2, 0.25) is 0 Å². The SMILES string of the molecule is COc1ccccc1Oc1cc(CN)nc2ccccc12. The Morgan fingerprint density at radius 3 is 2.43 bits per heavy atom. The van der Waals surface area contributed by atoms with Crippen molar-refractivity contribution in [2.24, 2.45) is 5.73 Å². The van der Waals surface area contributed by atoms with Gasteiger partial charge in [0.05, 0.1) is 18.3 Å². The second kappa shape index (κ2) is 5.81. The van der Waals surface area contributed by atoms with Crippen molar-refractivity contribution in [3.05, 3.63) is 60.3 Å². The fourth-order valence-corrected chi connectivity index (χ4v) is 2.21. The molecule has 0 saturated heterocycles. The van der Waals surface area contributed by atoms with Crippen LogP contribution in [-0.4, -0.2) is 12.1 Å². The maximum absolute atomic E-state index is 6.04. The fraction of sp³-hybridized carbons (Fsp3) is 0.118. The first-order valence-electron chi connectivity index (χ1n) is 6.71. The molecule has 21 heavy (non-hydrogen) atoms. The molecule has 1 heterocycles. The number of ether oxygens (including phenoxy) is 2. The lowest BCUT2D eigenvalue weighted by Gasteiger charge is -2.13. The van der Waals surface area contributed by atoms with Crippen LogP contribution in [0.15, 0.2) is 54.6 Å². The molecule has 3 aromatic rings. The highest BCUT2D eigenvalue weighted by Gasteiger charge is 2.10. The fourth-order valence-electron chi connectivity index (χ4n) is 2.21. The minimum Gasteiger partial charge on any atom is -0.493 e. The summed E-state index contributed by atoms with van der Waals surface area (Å²) in [5.41, 5.74) is 7.37. The lowest BCUT2D eigenvalue weighted by atomic mass is 10.2. The summed E-state index contributed by atoms with van der Waals surface area (Å²) < 4.78 is 11.4. The highest BCUT2D eigenvalue weighted by molar-refractivity contribution is 5.85. The molecule has 0 saturated carbocycles. The van der Waals surface area contributed by atoms with Crippen LogP contribution in [0, 0.1) is 0 Å². The predicted octanol–water partition coefficient (Wildman–Crippen LogP) is 3.49. The molecule has 0 aliphatic rings. The Labute approximate surface area is 123 Å². The number of para-hydroxylation sites is 3. The van der Waals surface area contributed by atoms with Crippen LogP contribution >= 0.6 is 0 Å². The van der Waals surface area contributed by atoms with E-state index in [1.807, 2.05) is 54.6 Å². The molecule has 0 bridgehead atoms. The van der Waals surface area contributed by atoms with Gasteiger partial charge in [-0.15, -0.1) is 0 Å². The van der Waals surface area contributed by atoms with Crippen molar-refractivity contribution < 1.29 is 9.47 Å². The first-order chi connectivity index (χ1) is 10.3. The second-order valence-electron chi connectivity index (χ2n) is 4.59. The largest absolute Gasteiger partial charge is 0.493 e. The van der Waals surface area contributed by atoms with Gasteiger partial charge in [-0.1, -0.05) is 24.3 Å². The Hall–Kier alpha value is -2.59. The van der Waals surface area contributed by atoms with Gasteiger partial charge in [-0.2, -0.15) is 0 Å². The van der Waals surface area contributed by atoms with Crippen LogP contribution in [0.25, 0.3) is 10.9 Å². The van der Waals surface area contributed by atoms with Crippen LogP contribution in [0.1, 0.15) is 5.69 Å². The lowest BCUT2D eigenvalue weighted by molar-refractivity contribution is 0.380. The van der Waals surface area contributed by atoms with Gasteiger partial charge in [-0.3, -0.25) is 4.98 Å². The number of pyridine rings is 1. The maximum Gasteiger partial charge on any atom is 0.169 e. The predicted molar refractivity (Wildman–Crippen MR) is 82.7 cm³/mol. The molecule has 0 aliphatic carbocycles. The third-order valence-electron chi connectivity index (χ3n) is 3.23. The Balaban J connectivity index is 2.11. The summed E-state index contributed by atoms with van der Waals surface area (Å²) in [6, 6.07) is 17.3. The van der Waals surface area contributed by atoms with E-state index in [1.165, 1.54) is 0 Å². The number of aromatic nitrogens is 1. The summed E-state index contributed by atoms with van der Waals surface area (Å²) in [6.45, 7) is 0.368. The zero-order valence-electron chi connectivity index (χ0n) is 11.7. The Morgan fingerprint density at radius 1 is 0.952 bits per heavy atom. The molecular formula is C17H16N2O2. The highest BCUT2D eigenvalue weighted by Crippen LogP contribution is 2.34. The summed E-state index contributed by atoms with van der Waals surface area (Å²) in [5, 5.41) is 0.945. The summed E-state index contributed by atoms with van der Waals surface area (Å²) in [6.07, 6.45) is 0. The zero-order valence-corrected chi connectivity index (χ0v) is 11.7. The average molecular weight is 280 g/mol. The standard InChI is InChI=1S/C17H16N2O2/c1-20-15-8-4-5-9-16(15)21-17-10-12(11-18)19-14-7-3-2-6-13(14)17/h2-10H,11,18H2,1H3. The van der Waals surface area contributed by atoms with E-state index in [0.717, 1.165) is 22.3 Å². The molecular weight excluding hydrogens is 264 g/mol. The maximum atomic E-state index is 6.04. The topological polar surface area (TPSA) is 57.4 Å². The molecule has 106 valence electrons. The third-order valence-corrected chi connectivity index (χ3v) is 3.23. The van der Waals surface area contributed by atoms with Crippen LogP contribution in [0.4, 0.5) is 0 Å². The second-order valence-corrected chi connectivity index (χ2v) is 4.59. The number of benzene rings is 2. The van der Waals surface area contributed by atoms with Gasteiger partial charge < -0.3 is 15.2 Å². The van der Waals surface area contributed by atoms with Crippen molar-refractivity contribution >= 4 is 10.9 Å². The van der Waals surface area contributed by atoms with Gasteiger partial charge in [0.25, 0.3) is 0 Å². The van der Waals surface area contributed by atoms with E-state index >= 15 is 0 Å². The number of nitrogens with zero attached hydrogens (tertiary/aromatic N) is 1. The van der Waals surface area contributed by atoms with Crippen molar-refractivity contribution in [1.29, 1.82) is 0 Å². The van der Waals surface area contributed by atoms with Crippen LogP contribution in [-0.2, 0) is 6.54 Å². The van der Waals surface area contributed by atoms with E-state index in [-0.39, 0.29) is 0 Å². The number of nitrogens with two attached hydrogens (primary N) is 1. The summed E-state index contributed by atoms with van der Waals surface area (Å²) in [7, 11) is 1.62. The molecule has 4 nitrogen and oxygen atoms in total. The van der Waals surface area contributed by atoms with E-state index < -0.39 is 0 Å². The third kappa shape index (κ3) is 2.66. The summed E-state index contributed by atoms with van der Waals surface area (Å²) >= 11 is 0. The molecule has 3 rings (SSSR count). The normalized spacial score (nSPS) is 10.6. The minimum absolute atomic E-state index is 0.368. The van der Waals surface area contributed by atoms with Crippen LogP contribution < -0.4 is 15.2 Å². The highest BCUT2D eigenvalue weighted by atomic mass is 16.5. The van der Waals surface area contributed by atoms with E-state index in [4.69, 9.17) is 15.2 Å². The molecule has 4 heteroatoms. The molecule has 2 N–H and O–H groups in total. The van der Waals surface area contributed by atoms with Gasteiger partial charge >= 0.3 is 0 Å². The number of hydrogen-bond donors (Lipinski definition) is 1. The van der Waals surface area contributed by atoms with Gasteiger partial charge in [0, 0.05) is 18.0 Å². The van der Waals surface area contributed by atoms with Gasteiger partial charge in [-0.05, 0) is 24.3 Å². The van der Waals surface area contributed by atoms with Gasteiger partial charge in [0.15, 0.2) is 11.5 Å². The van der Waals surface area contributed by atoms with E-state index in [2.05, 4.69) is 4.98 Å². The molecule has 0 spiro atoms. The first kappa shape index (κ1) is 13.4. The smallest absolute Gasteiger partial charge is 0.169 e. The monoisotopic (exact) mass is 280 g/mol. The molecule has 0 amide bonds. The molecule has 0 atom stereocenters. The molecule has 2 aromatic carbocycles. The van der Waals surface area contributed by atoms with E-state index in [1.54, 1.807) is 7.11 Å². The lowest BCUT2D eigenvalue weighted by Crippen LogP contribution is -2.01. The molecule has 0 radical (unpaired) electrons. The summed E-state index contributed by atoms with van der Waals surface area (Å²) in [5.74, 6) is 2.08. The van der Waals surface area contributed by atoms with Gasteiger partial charge in [0.1, 0.15) is 5.75 Å². The first-order valence-corrected chi connectivity index (χ1v) is 6.71. The van der Waals surface area contributed by atoms with Crippen molar-refractivity contribution in [3.8, 4) is 17.2 Å². The Bertz CT molecular complexity index is 772.